The standard InChI is InChI=1S/C16H28N2O3/c1-12(2)15(19)13-5-9-17(10-6-13)14-4-3-8-18(11-7-14)16(20)21/h12-14H,3-11H2,1-2H3,(H,20,21)/t14-/m0/s1. The second-order valence-corrected chi connectivity index (χ2v) is 6.72. The van der Waals surface area contributed by atoms with E-state index in [0.717, 1.165) is 45.2 Å². The van der Waals surface area contributed by atoms with E-state index in [0.29, 0.717) is 24.9 Å². The lowest BCUT2D eigenvalue weighted by molar-refractivity contribution is -0.127. The number of Topliss-reactive ketones (excluding diaryl/α,β-unsaturated/α-hetero) is 1. The summed E-state index contributed by atoms with van der Waals surface area (Å²) in [7, 11) is 0. The topological polar surface area (TPSA) is 60.9 Å². The van der Waals surface area contributed by atoms with E-state index in [4.69, 9.17) is 5.11 Å². The highest BCUT2D eigenvalue weighted by molar-refractivity contribution is 5.82. The van der Waals surface area contributed by atoms with Crippen molar-refractivity contribution in [1.29, 1.82) is 0 Å². The second kappa shape index (κ2) is 7.25. The molecule has 2 fully saturated rings. The van der Waals surface area contributed by atoms with Gasteiger partial charge in [0, 0.05) is 31.0 Å². The SMILES string of the molecule is CC(C)C(=O)C1CCN([C@H]2CCCN(C(=O)O)CC2)CC1. The van der Waals surface area contributed by atoms with Crippen LogP contribution in [0.3, 0.4) is 0 Å². The van der Waals surface area contributed by atoms with Crippen LogP contribution in [0.2, 0.25) is 0 Å². The first-order chi connectivity index (χ1) is 9.99. The van der Waals surface area contributed by atoms with Gasteiger partial charge in [-0.15, -0.1) is 0 Å². The van der Waals surface area contributed by atoms with Crippen LogP contribution < -0.4 is 0 Å². The summed E-state index contributed by atoms with van der Waals surface area (Å²) in [6.45, 7) is 7.25. The molecule has 5 heteroatoms. The molecule has 0 aliphatic carbocycles. The van der Waals surface area contributed by atoms with Crippen molar-refractivity contribution < 1.29 is 14.7 Å². The minimum atomic E-state index is -0.795. The quantitative estimate of drug-likeness (QED) is 0.869. The van der Waals surface area contributed by atoms with Crippen LogP contribution >= 0.6 is 0 Å². The van der Waals surface area contributed by atoms with Gasteiger partial charge in [0.05, 0.1) is 0 Å². The number of piperidine rings is 1. The Bertz CT molecular complexity index is 376. The summed E-state index contributed by atoms with van der Waals surface area (Å²) in [5.74, 6) is 0.790. The maximum absolute atomic E-state index is 12.1. The lowest BCUT2D eigenvalue weighted by atomic mass is 9.86. The number of amides is 1. The fraction of sp³-hybridized carbons (Fsp3) is 0.875. The number of carbonyl (C=O) groups is 2. The van der Waals surface area contributed by atoms with E-state index in [1.807, 2.05) is 13.8 Å². The Hall–Kier alpha value is -1.10. The molecule has 2 rings (SSSR count). The van der Waals surface area contributed by atoms with Gasteiger partial charge in [0.15, 0.2) is 0 Å². The first-order valence-electron chi connectivity index (χ1n) is 8.24. The van der Waals surface area contributed by atoms with E-state index >= 15 is 0 Å². The highest BCUT2D eigenvalue weighted by Crippen LogP contribution is 2.26. The van der Waals surface area contributed by atoms with E-state index in [-0.39, 0.29) is 11.8 Å². The molecule has 2 heterocycles. The van der Waals surface area contributed by atoms with Crippen molar-refractivity contribution in [2.75, 3.05) is 26.2 Å². The molecule has 0 unspecified atom stereocenters. The molecule has 0 saturated carbocycles. The number of carbonyl (C=O) groups excluding carboxylic acids is 1. The Morgan fingerprint density at radius 3 is 2.24 bits per heavy atom. The lowest BCUT2D eigenvalue weighted by Crippen LogP contribution is -2.43. The molecule has 120 valence electrons. The van der Waals surface area contributed by atoms with Crippen molar-refractivity contribution in [2.45, 2.75) is 52.0 Å². The van der Waals surface area contributed by atoms with Gasteiger partial charge in [-0.3, -0.25) is 4.79 Å². The average Bonchev–Trinajstić information content (AvgIpc) is 2.72. The Kier molecular flexibility index (Phi) is 5.62. The predicted molar refractivity (Wildman–Crippen MR) is 81.4 cm³/mol. The fourth-order valence-corrected chi connectivity index (χ4v) is 3.66. The van der Waals surface area contributed by atoms with Crippen molar-refractivity contribution in [3.63, 3.8) is 0 Å². The minimum Gasteiger partial charge on any atom is -0.465 e. The zero-order valence-electron chi connectivity index (χ0n) is 13.3. The number of carboxylic acid groups (broad SMARTS) is 1. The summed E-state index contributed by atoms with van der Waals surface area (Å²) >= 11 is 0. The van der Waals surface area contributed by atoms with Gasteiger partial charge in [-0.05, 0) is 45.2 Å². The molecule has 0 radical (unpaired) electrons. The minimum absolute atomic E-state index is 0.142. The first-order valence-corrected chi connectivity index (χ1v) is 8.24. The zero-order valence-corrected chi connectivity index (χ0v) is 13.3. The molecule has 2 saturated heterocycles. The third kappa shape index (κ3) is 4.19. The number of hydrogen-bond acceptors (Lipinski definition) is 3. The third-order valence-corrected chi connectivity index (χ3v) is 4.99. The van der Waals surface area contributed by atoms with Gasteiger partial charge in [0.25, 0.3) is 0 Å². The normalized spacial score (nSPS) is 25.9. The van der Waals surface area contributed by atoms with Crippen LogP contribution in [0.4, 0.5) is 4.79 Å². The molecule has 0 aromatic rings. The fourth-order valence-electron chi connectivity index (χ4n) is 3.66. The zero-order chi connectivity index (χ0) is 15.4. The predicted octanol–water partition coefficient (Wildman–Crippen LogP) is 2.46. The molecule has 0 spiro atoms. The van der Waals surface area contributed by atoms with Gasteiger partial charge in [-0.1, -0.05) is 13.8 Å². The first kappa shape index (κ1) is 16.3. The highest BCUT2D eigenvalue weighted by Gasteiger charge is 2.30. The molecule has 0 aromatic carbocycles. The van der Waals surface area contributed by atoms with Gasteiger partial charge in [0.2, 0.25) is 0 Å². The van der Waals surface area contributed by atoms with Crippen LogP contribution in [0.25, 0.3) is 0 Å². The Morgan fingerprint density at radius 2 is 1.67 bits per heavy atom. The molecular formula is C16H28N2O3. The highest BCUT2D eigenvalue weighted by atomic mass is 16.4. The smallest absolute Gasteiger partial charge is 0.407 e. The molecule has 2 aliphatic heterocycles. The van der Waals surface area contributed by atoms with Crippen molar-refractivity contribution in [3.05, 3.63) is 0 Å². The Labute approximate surface area is 127 Å². The Balaban J connectivity index is 1.82. The summed E-state index contributed by atoms with van der Waals surface area (Å²) in [6.07, 6.45) is 4.09. The monoisotopic (exact) mass is 296 g/mol. The molecule has 5 nitrogen and oxygen atoms in total. The van der Waals surface area contributed by atoms with Gasteiger partial charge in [-0.2, -0.15) is 0 Å². The number of nitrogens with zero attached hydrogens (tertiary/aromatic N) is 2. The third-order valence-electron chi connectivity index (χ3n) is 4.99. The molecule has 1 atom stereocenters. The van der Waals surface area contributed by atoms with E-state index < -0.39 is 6.09 Å². The van der Waals surface area contributed by atoms with Crippen LogP contribution in [0.1, 0.15) is 46.0 Å². The van der Waals surface area contributed by atoms with Gasteiger partial charge >= 0.3 is 6.09 Å². The largest absolute Gasteiger partial charge is 0.465 e. The molecule has 1 amide bonds. The van der Waals surface area contributed by atoms with Crippen molar-refractivity contribution in [1.82, 2.24) is 9.80 Å². The van der Waals surface area contributed by atoms with Crippen LogP contribution in [0, 0.1) is 11.8 Å². The van der Waals surface area contributed by atoms with E-state index in [1.54, 1.807) is 0 Å². The Morgan fingerprint density at radius 1 is 1.00 bits per heavy atom. The second-order valence-electron chi connectivity index (χ2n) is 6.72. The van der Waals surface area contributed by atoms with Gasteiger partial charge in [-0.25, -0.2) is 4.79 Å². The van der Waals surface area contributed by atoms with Crippen LogP contribution in [0.15, 0.2) is 0 Å². The van der Waals surface area contributed by atoms with E-state index in [1.165, 1.54) is 4.90 Å². The average molecular weight is 296 g/mol. The van der Waals surface area contributed by atoms with Gasteiger partial charge in [0.1, 0.15) is 5.78 Å². The van der Waals surface area contributed by atoms with Crippen molar-refractivity contribution in [2.24, 2.45) is 11.8 Å². The summed E-state index contributed by atoms with van der Waals surface area (Å²) in [5, 5.41) is 9.08. The lowest BCUT2D eigenvalue weighted by Gasteiger charge is -2.37. The van der Waals surface area contributed by atoms with Crippen LogP contribution in [-0.4, -0.2) is 59.0 Å². The number of rotatable bonds is 3. The maximum atomic E-state index is 12.1. The molecular weight excluding hydrogens is 268 g/mol. The summed E-state index contributed by atoms with van der Waals surface area (Å²) in [4.78, 5) is 27.1. The molecule has 0 aromatic heterocycles. The summed E-state index contributed by atoms with van der Waals surface area (Å²) in [6, 6.07) is 0.490. The van der Waals surface area contributed by atoms with Crippen molar-refractivity contribution >= 4 is 11.9 Å². The van der Waals surface area contributed by atoms with Gasteiger partial charge < -0.3 is 14.9 Å². The maximum Gasteiger partial charge on any atom is 0.407 e. The van der Waals surface area contributed by atoms with Crippen LogP contribution in [0.5, 0.6) is 0 Å². The number of hydrogen-bond donors (Lipinski definition) is 1. The number of likely N-dealkylation sites (tertiary alicyclic amines) is 2. The van der Waals surface area contributed by atoms with E-state index in [9.17, 15) is 9.59 Å². The van der Waals surface area contributed by atoms with Crippen LogP contribution in [-0.2, 0) is 4.79 Å². The molecule has 21 heavy (non-hydrogen) atoms. The summed E-state index contributed by atoms with van der Waals surface area (Å²) < 4.78 is 0. The molecule has 0 bridgehead atoms. The number of ketones is 1. The van der Waals surface area contributed by atoms with Crippen molar-refractivity contribution in [3.8, 4) is 0 Å². The summed E-state index contributed by atoms with van der Waals surface area (Å²) in [5.41, 5.74) is 0. The molecule has 2 aliphatic rings. The molecule has 1 N–H and O–H groups in total. The van der Waals surface area contributed by atoms with E-state index in [2.05, 4.69) is 4.90 Å².